The van der Waals surface area contributed by atoms with Gasteiger partial charge in [0.25, 0.3) is 0 Å². The van der Waals surface area contributed by atoms with E-state index in [-0.39, 0.29) is 133 Å². The van der Waals surface area contributed by atoms with Crippen LogP contribution in [0.15, 0.2) is 0 Å². The van der Waals surface area contributed by atoms with E-state index in [9.17, 15) is 28.8 Å². The van der Waals surface area contributed by atoms with Crippen molar-refractivity contribution in [3.8, 4) is 0 Å². The van der Waals surface area contributed by atoms with Gasteiger partial charge in [-0.1, -0.05) is 79.2 Å². The van der Waals surface area contributed by atoms with E-state index < -0.39 is 16.2 Å². The van der Waals surface area contributed by atoms with Crippen LogP contribution < -0.4 is 0 Å². The van der Waals surface area contributed by atoms with Gasteiger partial charge in [0.05, 0.1) is 34.0 Å². The summed E-state index contributed by atoms with van der Waals surface area (Å²) in [6.07, 6.45) is 33.5. The van der Waals surface area contributed by atoms with Crippen molar-refractivity contribution in [3.63, 3.8) is 0 Å². The summed E-state index contributed by atoms with van der Waals surface area (Å²) in [7, 11) is 0. The van der Waals surface area contributed by atoms with E-state index in [1.165, 1.54) is 96.3 Å². The van der Waals surface area contributed by atoms with E-state index in [4.69, 9.17) is 28.4 Å². The first-order valence-electron chi connectivity index (χ1n) is 40.1. The molecule has 0 aromatic rings. The van der Waals surface area contributed by atoms with Crippen molar-refractivity contribution in [2.75, 3.05) is 0 Å². The molecule has 12 heteroatoms. The Hall–Kier alpha value is -3.18. The minimum atomic E-state index is -0.407. The van der Waals surface area contributed by atoms with Crippen LogP contribution in [0.1, 0.15) is 320 Å². The number of fused-ring (bicyclic) bond motifs is 27. The van der Waals surface area contributed by atoms with Crippen molar-refractivity contribution in [2.45, 2.75) is 355 Å². The van der Waals surface area contributed by atoms with Crippen LogP contribution in [0.25, 0.3) is 0 Å². The maximum absolute atomic E-state index is 13.9. The molecule has 100 heavy (non-hydrogen) atoms. The zero-order valence-electron chi connectivity index (χ0n) is 60.3. The van der Waals surface area contributed by atoms with Gasteiger partial charge in [0.15, 0.2) is 0 Å². The predicted molar refractivity (Wildman–Crippen MR) is 398 cm³/mol. The second kappa shape index (κ2) is 29.5. The third kappa shape index (κ3) is 13.3. The summed E-state index contributed by atoms with van der Waals surface area (Å²) in [5.74, 6) is 14.4. The Morgan fingerprint density at radius 2 is 0.640 bits per heavy atom. The minimum absolute atomic E-state index is 0. The third-order valence-corrected chi connectivity index (χ3v) is 33.1. The Morgan fingerprint density at radius 3 is 0.960 bits per heavy atom. The highest BCUT2D eigenvalue weighted by Gasteiger charge is 2.71. The summed E-state index contributed by atoms with van der Waals surface area (Å²) >= 11 is 0. The van der Waals surface area contributed by atoms with Crippen molar-refractivity contribution in [2.24, 2.45) is 164 Å². The maximum atomic E-state index is 13.9. The largest absolute Gasteiger partial charge is 0.462 e. The topological polar surface area (TPSA) is 158 Å². The highest BCUT2D eigenvalue weighted by molar-refractivity contribution is 5.78. The summed E-state index contributed by atoms with van der Waals surface area (Å²) in [6, 6.07) is 0. The molecule has 18 aliphatic rings. The van der Waals surface area contributed by atoms with Crippen molar-refractivity contribution >= 4 is 35.8 Å². The number of esters is 6. The molecule has 24 atom stereocenters. The lowest BCUT2D eigenvalue weighted by Crippen LogP contribution is -2.60. The normalized spacial score (nSPS) is 44.2. The van der Waals surface area contributed by atoms with Gasteiger partial charge in [-0.15, -0.1) is 0 Å². The Kier molecular flexibility index (Phi) is 23.9. The first-order chi connectivity index (χ1) is 44.7. The van der Waals surface area contributed by atoms with Gasteiger partial charge in [0.1, 0.15) is 35.1 Å². The van der Waals surface area contributed by atoms with Crippen molar-refractivity contribution in [1.29, 1.82) is 0 Å². The molecule has 572 valence electrons. The van der Waals surface area contributed by atoms with E-state index in [1.54, 1.807) is 0 Å². The maximum Gasteiger partial charge on any atom is 0.311 e. The summed E-state index contributed by atoms with van der Waals surface area (Å²) in [5, 5.41) is 0. The molecule has 18 saturated carbocycles. The molecule has 0 radical (unpaired) electrons. The van der Waals surface area contributed by atoms with Crippen LogP contribution in [0.2, 0.25) is 0 Å². The van der Waals surface area contributed by atoms with E-state index in [0.29, 0.717) is 101 Å². The average molecular weight is 1400 g/mol. The molecule has 0 spiro atoms. The second-order valence-electron chi connectivity index (χ2n) is 38.5. The summed E-state index contributed by atoms with van der Waals surface area (Å²) in [6.45, 7) is 24.7. The molecule has 18 fully saturated rings. The first-order valence-corrected chi connectivity index (χ1v) is 40.1. The Bertz CT molecular complexity index is 2880. The van der Waals surface area contributed by atoms with Gasteiger partial charge in [0, 0.05) is 0 Å². The summed E-state index contributed by atoms with van der Waals surface area (Å²) in [5.41, 5.74) is -1.80. The fourth-order valence-corrected chi connectivity index (χ4v) is 27.6. The van der Waals surface area contributed by atoms with E-state index in [0.717, 1.165) is 126 Å². The lowest BCUT2D eigenvalue weighted by atomic mass is 9.49. The molecule has 24 unspecified atom stereocenters. The highest BCUT2D eigenvalue weighted by atomic mass is 16.6. The first kappa shape index (κ1) is 80.9. The highest BCUT2D eigenvalue weighted by Crippen LogP contribution is 2.73. The third-order valence-electron chi connectivity index (χ3n) is 33.1. The average Bonchev–Trinajstić information content (AvgIpc) is 1.48. The Morgan fingerprint density at radius 1 is 0.340 bits per heavy atom. The van der Waals surface area contributed by atoms with Crippen LogP contribution in [0.3, 0.4) is 0 Å². The number of hydrogen-bond acceptors (Lipinski definition) is 12. The van der Waals surface area contributed by atoms with Crippen LogP contribution >= 0.6 is 0 Å². The fourth-order valence-electron chi connectivity index (χ4n) is 27.6. The summed E-state index contributed by atoms with van der Waals surface area (Å²) in [4.78, 5) is 78.6. The van der Waals surface area contributed by atoms with Crippen LogP contribution in [-0.4, -0.2) is 70.9 Å². The molecule has 0 aromatic carbocycles. The van der Waals surface area contributed by atoms with E-state index >= 15 is 0 Å². The van der Waals surface area contributed by atoms with E-state index in [2.05, 4.69) is 41.5 Å². The van der Waals surface area contributed by atoms with Crippen LogP contribution in [0.4, 0.5) is 0 Å². The van der Waals surface area contributed by atoms with Gasteiger partial charge in [-0.05, 0) is 371 Å². The molecule has 0 amide bonds. The minimum Gasteiger partial charge on any atom is -0.462 e. The van der Waals surface area contributed by atoms with Gasteiger partial charge in [-0.2, -0.15) is 0 Å². The molecule has 18 rings (SSSR count). The lowest BCUT2D eigenvalue weighted by molar-refractivity contribution is -0.217. The van der Waals surface area contributed by atoms with Crippen molar-refractivity contribution in [3.05, 3.63) is 0 Å². The molecular weight excluding hydrogens is 1250 g/mol. The number of carbonyl (C=O) groups is 6. The number of hydrogen-bond donors (Lipinski definition) is 0. The molecule has 0 saturated heterocycles. The number of ether oxygens (including phenoxy) is 6. The van der Waals surface area contributed by atoms with Crippen molar-refractivity contribution < 1.29 is 57.2 Å². The molecule has 0 aromatic heterocycles. The van der Waals surface area contributed by atoms with Crippen LogP contribution in [-0.2, 0) is 57.2 Å². The summed E-state index contributed by atoms with van der Waals surface area (Å²) < 4.78 is 37.4. The zero-order valence-corrected chi connectivity index (χ0v) is 60.3. The van der Waals surface area contributed by atoms with Gasteiger partial charge >= 0.3 is 35.8 Å². The van der Waals surface area contributed by atoms with Crippen LogP contribution in [0, 0.1) is 164 Å². The van der Waals surface area contributed by atoms with Gasteiger partial charge < -0.3 is 28.4 Å². The molecule has 0 N–H and O–H groups in total. The molecule has 16 bridgehead atoms. The lowest BCUT2D eigenvalue weighted by Gasteiger charge is -2.60. The molecule has 12 nitrogen and oxygen atoms in total. The second-order valence-corrected chi connectivity index (χ2v) is 38.5. The van der Waals surface area contributed by atoms with E-state index in [1.807, 2.05) is 41.5 Å². The van der Waals surface area contributed by atoms with Gasteiger partial charge in [-0.25, -0.2) is 0 Å². The standard InChI is InChI=1S/C31H46O4.C26H40O4.C25H38O4.6CH4/c1-5-30(3,4)29(33)34-25-15-19-14-24(25)27-22-12-18(26(19)27)13-23(22)28(32)35-31(6-2)20-8-16-7-17(10-20)11-21(31)9-16;1-5-25(3,4)24(28)29-20-14-16-13-19(20)22-17-11-15(21(16)22)12-18(17)23(27)30-26(6-2)9-7-8-10-26;1-5-24(2,3)23(27)28-19-13-15-12-18(19)21-16-10-14(20(15)21)11-17(16)22(26)29-25(4)8-6-7-9-25;;;;;;/h16-27H,5-15H2,1-4H3;15-22H,5-14H2,1-4H3;14-21H,5-13H2,1-4H3;6*1H4. The number of carbonyl (C=O) groups excluding carboxylic acids is 6. The fraction of sp³-hybridized carbons (Fsp3) is 0.932. The number of rotatable bonds is 17. The molecular formula is C88H148O12. The SMILES string of the molecule is C.C.C.C.C.C.CCC(C)(C)C(=O)OC1CC2CC1C1C3CC(CC3C(=O)OC3(C)CCCC3)C21.CCC(C)(C)C(=O)OC1CC2CC1C1C3CC(CC3C(=O)OC3(CC)C4CC5CC(C4)CC3C5)C21.CCC1(OC(=O)C2CC3CC2C2C4CC(CC4OC(=O)C(C)(C)CC)C32)CCCC1. The smallest absolute Gasteiger partial charge is 0.311 e. The zero-order chi connectivity index (χ0) is 66.1. The molecule has 0 aliphatic heterocycles. The quantitative estimate of drug-likeness (QED) is 0.0772. The Labute approximate surface area is 609 Å². The van der Waals surface area contributed by atoms with Crippen LogP contribution in [0.5, 0.6) is 0 Å². The Balaban J connectivity index is 0.000000171. The predicted octanol–water partition coefficient (Wildman–Crippen LogP) is 20.9. The monoisotopic (exact) mass is 1400 g/mol. The molecule has 18 aliphatic carbocycles. The van der Waals surface area contributed by atoms with Gasteiger partial charge in [0.2, 0.25) is 0 Å². The van der Waals surface area contributed by atoms with Crippen molar-refractivity contribution in [1.82, 2.24) is 0 Å². The molecule has 0 heterocycles. The van der Waals surface area contributed by atoms with Gasteiger partial charge in [-0.3, -0.25) is 28.8 Å².